The molecule has 1 aliphatic rings. The lowest BCUT2D eigenvalue weighted by atomic mass is 10.1. The van der Waals surface area contributed by atoms with Gasteiger partial charge in [-0.05, 0) is 36.1 Å². The summed E-state index contributed by atoms with van der Waals surface area (Å²) in [5, 5.41) is 6.43. The van der Waals surface area contributed by atoms with Gasteiger partial charge in [-0.3, -0.25) is 4.99 Å². The quantitative estimate of drug-likeness (QED) is 0.237. The Morgan fingerprint density at radius 2 is 1.90 bits per heavy atom. The Balaban J connectivity index is 0.00000341. The standard InChI is InChI=1S/C22H30N4O3S.HI/c1-2-23-22(24-12-10-18-8-9-21-20(16-18)11-14-29-21)25-13-15-30(27,28)26-17-19-6-4-3-5-7-19;/h3-9,16,26H,2,10-15,17H2,1H3,(H2,23,24,25);1H. The van der Waals surface area contributed by atoms with Gasteiger partial charge in [-0.15, -0.1) is 24.0 Å². The van der Waals surface area contributed by atoms with Gasteiger partial charge in [0, 0.05) is 26.1 Å². The third-order valence-electron chi connectivity index (χ3n) is 4.77. The molecule has 0 saturated heterocycles. The zero-order chi connectivity index (χ0) is 21.2. The molecular weight excluding hydrogens is 527 g/mol. The van der Waals surface area contributed by atoms with Crippen LogP contribution < -0.4 is 20.1 Å². The van der Waals surface area contributed by atoms with Crippen LogP contribution in [0.5, 0.6) is 5.75 Å². The van der Waals surface area contributed by atoms with Gasteiger partial charge < -0.3 is 15.4 Å². The van der Waals surface area contributed by atoms with Crippen molar-refractivity contribution >= 4 is 40.0 Å². The number of nitrogens with zero attached hydrogens (tertiary/aromatic N) is 1. The topological polar surface area (TPSA) is 91.8 Å². The van der Waals surface area contributed by atoms with Crippen molar-refractivity contribution in [2.45, 2.75) is 26.3 Å². The Labute approximate surface area is 202 Å². The normalized spacial score (nSPS) is 13.1. The van der Waals surface area contributed by atoms with Gasteiger partial charge in [0.05, 0.1) is 18.9 Å². The number of rotatable bonds is 10. The Morgan fingerprint density at radius 1 is 1.10 bits per heavy atom. The first kappa shape index (κ1) is 25.4. The van der Waals surface area contributed by atoms with Crippen LogP contribution in [-0.4, -0.2) is 46.4 Å². The number of ether oxygens (including phenoxy) is 1. The lowest BCUT2D eigenvalue weighted by molar-refractivity contribution is 0.357. The largest absolute Gasteiger partial charge is 0.493 e. The molecule has 0 fully saturated rings. The van der Waals surface area contributed by atoms with Crippen LogP contribution in [0.4, 0.5) is 0 Å². The molecule has 0 radical (unpaired) electrons. The van der Waals surface area contributed by atoms with E-state index in [4.69, 9.17) is 4.74 Å². The maximum Gasteiger partial charge on any atom is 0.213 e. The Kier molecular flexibility index (Phi) is 10.6. The van der Waals surface area contributed by atoms with E-state index in [0.717, 1.165) is 30.8 Å². The third kappa shape index (κ3) is 8.66. The average Bonchev–Trinajstić information content (AvgIpc) is 3.21. The molecule has 0 saturated carbocycles. The van der Waals surface area contributed by atoms with Gasteiger partial charge in [0.2, 0.25) is 10.0 Å². The number of hydrogen-bond acceptors (Lipinski definition) is 4. The number of halogens is 1. The van der Waals surface area contributed by atoms with Crippen molar-refractivity contribution in [3.05, 3.63) is 65.2 Å². The highest BCUT2D eigenvalue weighted by Crippen LogP contribution is 2.25. The molecular formula is C22H31IN4O3S. The molecule has 0 amide bonds. The summed E-state index contributed by atoms with van der Waals surface area (Å²) >= 11 is 0. The smallest absolute Gasteiger partial charge is 0.213 e. The molecule has 170 valence electrons. The molecule has 3 N–H and O–H groups in total. The maximum absolute atomic E-state index is 12.2. The second-order valence-corrected chi connectivity index (χ2v) is 9.03. The summed E-state index contributed by atoms with van der Waals surface area (Å²) in [6.07, 6.45) is 1.82. The number of sulfonamides is 1. The molecule has 1 heterocycles. The maximum atomic E-state index is 12.2. The molecule has 7 nitrogen and oxygen atoms in total. The van der Waals surface area contributed by atoms with Gasteiger partial charge in [0.25, 0.3) is 0 Å². The van der Waals surface area contributed by atoms with Crippen LogP contribution in [0.3, 0.4) is 0 Å². The molecule has 1 aliphatic heterocycles. The second kappa shape index (κ2) is 12.9. The Bertz CT molecular complexity index is 952. The SMILES string of the molecule is CCNC(=NCCS(=O)(=O)NCc1ccccc1)NCCc1ccc2c(c1)CCO2.I. The summed E-state index contributed by atoms with van der Waals surface area (Å²) in [6, 6.07) is 15.8. The highest BCUT2D eigenvalue weighted by atomic mass is 127. The first-order valence-corrected chi connectivity index (χ1v) is 12.0. The van der Waals surface area contributed by atoms with Crippen LogP contribution >= 0.6 is 24.0 Å². The first-order chi connectivity index (χ1) is 14.6. The highest BCUT2D eigenvalue weighted by molar-refractivity contribution is 14.0. The minimum Gasteiger partial charge on any atom is -0.493 e. The lowest BCUT2D eigenvalue weighted by Gasteiger charge is -2.12. The molecule has 0 aliphatic carbocycles. The first-order valence-electron chi connectivity index (χ1n) is 10.3. The fraction of sp³-hybridized carbons (Fsp3) is 0.409. The second-order valence-electron chi connectivity index (χ2n) is 7.10. The van der Waals surface area contributed by atoms with Crippen molar-refractivity contribution in [3.63, 3.8) is 0 Å². The van der Waals surface area contributed by atoms with E-state index in [-0.39, 0.29) is 42.8 Å². The van der Waals surface area contributed by atoms with Crippen LogP contribution in [0, 0.1) is 0 Å². The zero-order valence-corrected chi connectivity index (χ0v) is 20.9. The van der Waals surface area contributed by atoms with E-state index >= 15 is 0 Å². The van der Waals surface area contributed by atoms with E-state index in [2.05, 4.69) is 32.5 Å². The molecule has 0 atom stereocenters. The van der Waals surface area contributed by atoms with Gasteiger partial charge >= 0.3 is 0 Å². The van der Waals surface area contributed by atoms with Gasteiger partial charge in [0.15, 0.2) is 5.96 Å². The third-order valence-corrected chi connectivity index (χ3v) is 6.08. The molecule has 3 rings (SSSR count). The molecule has 0 bridgehead atoms. The van der Waals surface area contributed by atoms with Crippen molar-refractivity contribution in [3.8, 4) is 5.75 Å². The Morgan fingerprint density at radius 3 is 2.68 bits per heavy atom. The summed E-state index contributed by atoms with van der Waals surface area (Å²) in [4.78, 5) is 4.40. The summed E-state index contributed by atoms with van der Waals surface area (Å²) < 4.78 is 32.6. The van der Waals surface area contributed by atoms with Crippen molar-refractivity contribution in [1.29, 1.82) is 0 Å². The van der Waals surface area contributed by atoms with Gasteiger partial charge in [0.1, 0.15) is 5.75 Å². The van der Waals surface area contributed by atoms with Gasteiger partial charge in [-0.2, -0.15) is 0 Å². The van der Waals surface area contributed by atoms with Crippen molar-refractivity contribution in [1.82, 2.24) is 15.4 Å². The van der Waals surface area contributed by atoms with Crippen molar-refractivity contribution in [2.24, 2.45) is 4.99 Å². The molecule has 9 heteroatoms. The minimum absolute atomic E-state index is 0. The fourth-order valence-electron chi connectivity index (χ4n) is 3.20. The predicted molar refractivity (Wildman–Crippen MR) is 136 cm³/mol. The van der Waals surface area contributed by atoms with Crippen LogP contribution in [0.15, 0.2) is 53.5 Å². The zero-order valence-electron chi connectivity index (χ0n) is 17.8. The van der Waals surface area contributed by atoms with E-state index in [1.54, 1.807) is 0 Å². The number of benzene rings is 2. The predicted octanol–water partition coefficient (Wildman–Crippen LogP) is 2.46. The fourth-order valence-corrected chi connectivity index (χ4v) is 4.06. The van der Waals surface area contributed by atoms with E-state index in [1.807, 2.05) is 43.3 Å². The lowest BCUT2D eigenvalue weighted by Crippen LogP contribution is -2.39. The number of hydrogen-bond donors (Lipinski definition) is 3. The summed E-state index contributed by atoms with van der Waals surface area (Å²) in [6.45, 7) is 4.64. The van der Waals surface area contributed by atoms with Crippen molar-refractivity contribution in [2.75, 3.05) is 32.0 Å². The molecule has 0 aromatic heterocycles. The van der Waals surface area contributed by atoms with E-state index in [1.165, 1.54) is 11.1 Å². The van der Waals surface area contributed by atoms with Crippen LogP contribution in [0.2, 0.25) is 0 Å². The van der Waals surface area contributed by atoms with Gasteiger partial charge in [-0.1, -0.05) is 42.5 Å². The number of fused-ring (bicyclic) bond motifs is 1. The molecule has 0 unspecified atom stereocenters. The molecule has 2 aromatic rings. The monoisotopic (exact) mass is 558 g/mol. The van der Waals surface area contributed by atoms with Crippen LogP contribution in [0.1, 0.15) is 23.6 Å². The Hall–Kier alpha value is -1.85. The summed E-state index contributed by atoms with van der Waals surface area (Å²) in [7, 11) is -3.38. The van der Waals surface area contributed by atoms with E-state index in [9.17, 15) is 8.42 Å². The van der Waals surface area contributed by atoms with E-state index < -0.39 is 10.0 Å². The van der Waals surface area contributed by atoms with Crippen LogP contribution in [0.25, 0.3) is 0 Å². The number of nitrogens with one attached hydrogen (secondary N) is 3. The minimum atomic E-state index is -3.38. The summed E-state index contributed by atoms with van der Waals surface area (Å²) in [5.74, 6) is 1.56. The van der Waals surface area contributed by atoms with E-state index in [0.29, 0.717) is 19.0 Å². The average molecular weight is 558 g/mol. The van der Waals surface area contributed by atoms with Gasteiger partial charge in [-0.25, -0.2) is 13.1 Å². The number of guanidine groups is 1. The summed E-state index contributed by atoms with van der Waals surface area (Å²) in [5.41, 5.74) is 3.44. The highest BCUT2D eigenvalue weighted by Gasteiger charge is 2.12. The van der Waals surface area contributed by atoms with Crippen molar-refractivity contribution < 1.29 is 13.2 Å². The molecule has 0 spiro atoms. The molecule has 2 aromatic carbocycles. The molecule has 31 heavy (non-hydrogen) atoms. The number of aliphatic imine (C=N–C) groups is 1. The van der Waals surface area contributed by atoms with Crippen LogP contribution in [-0.2, 0) is 29.4 Å².